The summed E-state index contributed by atoms with van der Waals surface area (Å²) in [6, 6.07) is 19.3. The van der Waals surface area contributed by atoms with Gasteiger partial charge in [0.25, 0.3) is 11.8 Å². The number of methoxy groups -OCH3 is 1. The van der Waals surface area contributed by atoms with E-state index in [0.29, 0.717) is 16.9 Å². The number of hydrazone groups is 1. The molecule has 0 aliphatic heterocycles. The SMILES string of the molecule is COc1ccc(/C=C(\NC(=O)c2ccccc2)C(=O)N/N=C\c2cccnc2)cc1. The normalized spacial score (nSPS) is 11.2. The van der Waals surface area contributed by atoms with Crippen LogP contribution < -0.4 is 15.5 Å². The van der Waals surface area contributed by atoms with Crippen LogP contribution >= 0.6 is 0 Å². The number of pyridine rings is 1. The van der Waals surface area contributed by atoms with Gasteiger partial charge in [0.2, 0.25) is 0 Å². The number of benzene rings is 2. The van der Waals surface area contributed by atoms with Crippen molar-refractivity contribution in [2.45, 2.75) is 0 Å². The number of amides is 2. The highest BCUT2D eigenvalue weighted by molar-refractivity contribution is 6.05. The minimum atomic E-state index is -0.560. The summed E-state index contributed by atoms with van der Waals surface area (Å²) < 4.78 is 5.15. The van der Waals surface area contributed by atoms with E-state index in [4.69, 9.17) is 4.74 Å². The number of nitrogens with zero attached hydrogens (tertiary/aromatic N) is 2. The lowest BCUT2D eigenvalue weighted by Gasteiger charge is -2.09. The standard InChI is InChI=1S/C23H20N4O3/c1-30-20-11-9-17(10-12-20)14-21(26-22(28)19-7-3-2-4-8-19)23(29)27-25-16-18-6-5-13-24-15-18/h2-16H,1H3,(H,26,28)(H,27,29)/b21-14-,25-16-. The fourth-order valence-corrected chi connectivity index (χ4v) is 2.49. The number of ether oxygens (including phenoxy) is 1. The Labute approximate surface area is 174 Å². The van der Waals surface area contributed by atoms with Crippen LogP contribution in [0.1, 0.15) is 21.5 Å². The summed E-state index contributed by atoms with van der Waals surface area (Å²) in [5, 5.41) is 6.59. The molecule has 7 heteroatoms. The Morgan fingerprint density at radius 3 is 2.40 bits per heavy atom. The summed E-state index contributed by atoms with van der Waals surface area (Å²) in [6.45, 7) is 0. The average molecular weight is 400 g/mol. The van der Waals surface area contributed by atoms with Crippen molar-refractivity contribution in [3.8, 4) is 5.75 Å². The molecule has 0 aliphatic carbocycles. The molecule has 3 aromatic rings. The zero-order valence-corrected chi connectivity index (χ0v) is 16.3. The van der Waals surface area contributed by atoms with Crippen LogP contribution in [-0.2, 0) is 4.79 Å². The van der Waals surface area contributed by atoms with E-state index < -0.39 is 11.8 Å². The van der Waals surface area contributed by atoms with Gasteiger partial charge in [-0.2, -0.15) is 5.10 Å². The van der Waals surface area contributed by atoms with Crippen LogP contribution in [0.5, 0.6) is 5.75 Å². The summed E-state index contributed by atoms with van der Waals surface area (Å²) >= 11 is 0. The lowest BCUT2D eigenvalue weighted by Crippen LogP contribution is -2.32. The monoisotopic (exact) mass is 400 g/mol. The van der Waals surface area contributed by atoms with Gasteiger partial charge in [0.1, 0.15) is 11.4 Å². The molecular weight excluding hydrogens is 380 g/mol. The summed E-state index contributed by atoms with van der Waals surface area (Å²) in [4.78, 5) is 29.2. The van der Waals surface area contributed by atoms with Crippen LogP contribution in [-0.4, -0.2) is 30.1 Å². The van der Waals surface area contributed by atoms with Gasteiger partial charge in [0, 0.05) is 23.5 Å². The van der Waals surface area contributed by atoms with Crippen LogP contribution in [0.4, 0.5) is 0 Å². The van der Waals surface area contributed by atoms with E-state index in [2.05, 4.69) is 20.8 Å². The van der Waals surface area contributed by atoms with Gasteiger partial charge in [-0.25, -0.2) is 5.43 Å². The minimum Gasteiger partial charge on any atom is -0.497 e. The number of hydrogen-bond donors (Lipinski definition) is 2. The van der Waals surface area contributed by atoms with E-state index in [9.17, 15) is 9.59 Å². The van der Waals surface area contributed by atoms with Gasteiger partial charge >= 0.3 is 0 Å². The first kappa shape index (κ1) is 20.5. The molecule has 30 heavy (non-hydrogen) atoms. The maximum absolute atomic E-state index is 12.7. The van der Waals surface area contributed by atoms with E-state index in [0.717, 1.165) is 5.56 Å². The maximum Gasteiger partial charge on any atom is 0.287 e. The molecule has 150 valence electrons. The van der Waals surface area contributed by atoms with Gasteiger partial charge in [0.15, 0.2) is 0 Å². The van der Waals surface area contributed by atoms with Crippen molar-refractivity contribution in [1.82, 2.24) is 15.7 Å². The van der Waals surface area contributed by atoms with E-state index in [1.807, 2.05) is 6.07 Å². The van der Waals surface area contributed by atoms with Crippen LogP contribution in [0.15, 0.2) is 89.9 Å². The molecular formula is C23H20N4O3. The zero-order chi connectivity index (χ0) is 21.2. The Morgan fingerprint density at radius 2 is 1.73 bits per heavy atom. The predicted molar refractivity (Wildman–Crippen MR) is 115 cm³/mol. The third kappa shape index (κ3) is 5.87. The Hall–Kier alpha value is -4.26. The van der Waals surface area contributed by atoms with Crippen LogP contribution in [0, 0.1) is 0 Å². The zero-order valence-electron chi connectivity index (χ0n) is 16.3. The first-order valence-corrected chi connectivity index (χ1v) is 9.11. The third-order valence-electron chi connectivity index (χ3n) is 4.02. The number of carbonyl (C=O) groups is 2. The fourth-order valence-electron chi connectivity index (χ4n) is 2.49. The van der Waals surface area contributed by atoms with Gasteiger partial charge in [-0.15, -0.1) is 0 Å². The van der Waals surface area contributed by atoms with E-state index in [-0.39, 0.29) is 5.70 Å². The fraction of sp³-hybridized carbons (Fsp3) is 0.0435. The smallest absolute Gasteiger partial charge is 0.287 e. The second-order valence-electron chi connectivity index (χ2n) is 6.14. The van der Waals surface area contributed by atoms with Crippen molar-refractivity contribution in [3.05, 3.63) is 102 Å². The lowest BCUT2D eigenvalue weighted by molar-refractivity contribution is -0.117. The van der Waals surface area contributed by atoms with Crippen LogP contribution in [0.3, 0.4) is 0 Å². The van der Waals surface area contributed by atoms with E-state index >= 15 is 0 Å². The molecule has 2 amide bonds. The first-order chi connectivity index (χ1) is 14.7. The molecule has 0 bridgehead atoms. The Balaban J connectivity index is 1.80. The molecule has 0 fully saturated rings. The summed E-state index contributed by atoms with van der Waals surface area (Å²) in [5.74, 6) is -0.274. The van der Waals surface area contributed by atoms with Gasteiger partial charge in [-0.3, -0.25) is 14.6 Å². The molecule has 1 heterocycles. The number of carbonyl (C=O) groups excluding carboxylic acids is 2. The van der Waals surface area contributed by atoms with E-state index in [1.165, 1.54) is 6.21 Å². The Bertz CT molecular complexity index is 1050. The molecule has 0 unspecified atom stereocenters. The van der Waals surface area contributed by atoms with Gasteiger partial charge < -0.3 is 10.1 Å². The van der Waals surface area contributed by atoms with Crippen molar-refractivity contribution in [2.24, 2.45) is 5.10 Å². The highest BCUT2D eigenvalue weighted by atomic mass is 16.5. The lowest BCUT2D eigenvalue weighted by atomic mass is 10.1. The van der Waals surface area contributed by atoms with Gasteiger partial charge in [-0.1, -0.05) is 36.4 Å². The molecule has 0 aliphatic rings. The minimum absolute atomic E-state index is 0.0531. The molecule has 0 saturated carbocycles. The molecule has 2 aromatic carbocycles. The number of nitrogens with one attached hydrogen (secondary N) is 2. The molecule has 2 N–H and O–H groups in total. The number of hydrogen-bond acceptors (Lipinski definition) is 5. The molecule has 3 rings (SSSR count). The van der Waals surface area contributed by atoms with Crippen molar-refractivity contribution in [2.75, 3.05) is 7.11 Å². The highest BCUT2D eigenvalue weighted by Gasteiger charge is 2.14. The Morgan fingerprint density at radius 1 is 0.967 bits per heavy atom. The van der Waals surface area contributed by atoms with Crippen LogP contribution in [0.2, 0.25) is 0 Å². The summed E-state index contributed by atoms with van der Waals surface area (Å²) in [6.07, 6.45) is 6.29. The van der Waals surface area contributed by atoms with Crippen molar-refractivity contribution >= 4 is 24.1 Å². The summed E-state index contributed by atoms with van der Waals surface area (Å²) in [5.41, 5.74) is 4.36. The molecule has 0 saturated heterocycles. The number of rotatable bonds is 7. The largest absolute Gasteiger partial charge is 0.497 e. The molecule has 0 radical (unpaired) electrons. The highest BCUT2D eigenvalue weighted by Crippen LogP contribution is 2.14. The third-order valence-corrected chi connectivity index (χ3v) is 4.02. The molecule has 1 aromatic heterocycles. The first-order valence-electron chi connectivity index (χ1n) is 9.11. The molecule has 7 nitrogen and oxygen atoms in total. The Kier molecular flexibility index (Phi) is 7.05. The van der Waals surface area contributed by atoms with E-state index in [1.54, 1.807) is 86.2 Å². The average Bonchev–Trinajstić information content (AvgIpc) is 2.80. The quantitative estimate of drug-likeness (QED) is 0.362. The van der Waals surface area contributed by atoms with Crippen molar-refractivity contribution in [1.29, 1.82) is 0 Å². The molecule has 0 atom stereocenters. The van der Waals surface area contributed by atoms with Gasteiger partial charge in [0.05, 0.1) is 13.3 Å². The van der Waals surface area contributed by atoms with Crippen molar-refractivity contribution in [3.63, 3.8) is 0 Å². The topological polar surface area (TPSA) is 92.7 Å². The number of aromatic nitrogens is 1. The second-order valence-corrected chi connectivity index (χ2v) is 6.14. The predicted octanol–water partition coefficient (Wildman–Crippen LogP) is 3.01. The molecule has 0 spiro atoms. The van der Waals surface area contributed by atoms with Crippen molar-refractivity contribution < 1.29 is 14.3 Å². The summed E-state index contributed by atoms with van der Waals surface area (Å²) in [7, 11) is 1.57. The maximum atomic E-state index is 12.7. The van der Waals surface area contributed by atoms with Crippen LogP contribution in [0.25, 0.3) is 6.08 Å². The second kappa shape index (κ2) is 10.3. The van der Waals surface area contributed by atoms with Gasteiger partial charge in [-0.05, 0) is 42.0 Å².